The van der Waals surface area contributed by atoms with E-state index in [2.05, 4.69) is 12.2 Å². The van der Waals surface area contributed by atoms with E-state index in [4.69, 9.17) is 9.47 Å². The lowest BCUT2D eigenvalue weighted by Crippen LogP contribution is -2.13. The minimum Gasteiger partial charge on any atom is -0.371 e. The molecule has 11 heavy (non-hydrogen) atoms. The topological polar surface area (TPSA) is 21.8 Å². The van der Waals surface area contributed by atoms with Crippen LogP contribution < -0.4 is 0 Å². The first-order chi connectivity index (χ1) is 5.45. The normalized spacial score (nSPS) is 34.2. The van der Waals surface area contributed by atoms with Gasteiger partial charge < -0.3 is 9.47 Å². The summed E-state index contributed by atoms with van der Waals surface area (Å²) in [6.45, 7) is 1.63. The van der Waals surface area contributed by atoms with Gasteiger partial charge in [-0.1, -0.05) is 24.3 Å². The standard InChI is InChI=1S/C9H12O2/c1-2-4-8(5-3-1)10-6-9-7-11-9/h1-4,8-9H,5-7H2. The van der Waals surface area contributed by atoms with Gasteiger partial charge in [-0.2, -0.15) is 0 Å². The van der Waals surface area contributed by atoms with E-state index in [1.807, 2.05) is 12.2 Å². The lowest BCUT2D eigenvalue weighted by atomic mass is 10.1. The molecule has 0 saturated carbocycles. The molecular weight excluding hydrogens is 140 g/mol. The van der Waals surface area contributed by atoms with Gasteiger partial charge in [-0.05, 0) is 6.42 Å². The second-order valence-electron chi connectivity index (χ2n) is 2.88. The van der Waals surface area contributed by atoms with Crippen LogP contribution >= 0.6 is 0 Å². The molecule has 2 nitrogen and oxygen atoms in total. The number of hydrogen-bond acceptors (Lipinski definition) is 2. The zero-order valence-electron chi connectivity index (χ0n) is 6.40. The van der Waals surface area contributed by atoms with Crippen molar-refractivity contribution in [2.24, 2.45) is 0 Å². The van der Waals surface area contributed by atoms with Crippen molar-refractivity contribution in [3.8, 4) is 0 Å². The number of hydrogen-bond donors (Lipinski definition) is 0. The van der Waals surface area contributed by atoms with Gasteiger partial charge in [0.1, 0.15) is 6.10 Å². The Morgan fingerprint density at radius 2 is 2.36 bits per heavy atom. The number of ether oxygens (including phenoxy) is 2. The minimum absolute atomic E-state index is 0.282. The molecule has 0 aromatic rings. The summed E-state index contributed by atoms with van der Waals surface area (Å²) in [6.07, 6.45) is 9.96. The largest absolute Gasteiger partial charge is 0.371 e. The number of epoxide rings is 1. The fourth-order valence-electron chi connectivity index (χ4n) is 1.08. The van der Waals surface area contributed by atoms with Crippen molar-refractivity contribution in [2.75, 3.05) is 13.2 Å². The van der Waals surface area contributed by atoms with Crippen molar-refractivity contribution in [3.05, 3.63) is 24.3 Å². The van der Waals surface area contributed by atoms with Crippen LogP contribution in [0.1, 0.15) is 6.42 Å². The molecule has 1 aliphatic carbocycles. The molecule has 0 aromatic carbocycles. The summed E-state index contributed by atoms with van der Waals surface area (Å²) in [4.78, 5) is 0. The first kappa shape index (κ1) is 7.07. The van der Waals surface area contributed by atoms with Gasteiger partial charge in [0, 0.05) is 0 Å². The predicted octanol–water partition coefficient (Wildman–Crippen LogP) is 1.29. The molecule has 60 valence electrons. The maximum absolute atomic E-state index is 5.54. The SMILES string of the molecule is C1=CCC(OCC2CO2)C=C1. The van der Waals surface area contributed by atoms with Crippen molar-refractivity contribution in [1.82, 2.24) is 0 Å². The molecule has 0 amide bonds. The molecule has 2 rings (SSSR count). The molecule has 2 atom stereocenters. The third-order valence-corrected chi connectivity index (χ3v) is 1.84. The quantitative estimate of drug-likeness (QED) is 0.568. The zero-order chi connectivity index (χ0) is 7.52. The second kappa shape index (κ2) is 3.20. The lowest BCUT2D eigenvalue weighted by Gasteiger charge is -2.12. The molecular formula is C9H12O2. The van der Waals surface area contributed by atoms with E-state index in [1.165, 1.54) is 0 Å². The Labute approximate surface area is 66.5 Å². The first-order valence-electron chi connectivity index (χ1n) is 4.02. The van der Waals surface area contributed by atoms with Crippen molar-refractivity contribution < 1.29 is 9.47 Å². The molecule has 0 aromatic heterocycles. The number of allylic oxidation sites excluding steroid dienone is 2. The van der Waals surface area contributed by atoms with Crippen LogP contribution in [0.3, 0.4) is 0 Å². The minimum atomic E-state index is 0.282. The molecule has 1 saturated heterocycles. The van der Waals surface area contributed by atoms with Gasteiger partial charge in [-0.25, -0.2) is 0 Å². The van der Waals surface area contributed by atoms with E-state index >= 15 is 0 Å². The molecule has 0 spiro atoms. The monoisotopic (exact) mass is 152 g/mol. The molecule has 2 unspecified atom stereocenters. The Morgan fingerprint density at radius 3 is 3.00 bits per heavy atom. The Balaban J connectivity index is 1.69. The van der Waals surface area contributed by atoms with Crippen molar-refractivity contribution in [1.29, 1.82) is 0 Å². The molecule has 1 aliphatic heterocycles. The van der Waals surface area contributed by atoms with Crippen molar-refractivity contribution >= 4 is 0 Å². The number of rotatable bonds is 3. The van der Waals surface area contributed by atoms with E-state index in [-0.39, 0.29) is 6.10 Å². The molecule has 0 bridgehead atoms. The zero-order valence-corrected chi connectivity index (χ0v) is 6.40. The van der Waals surface area contributed by atoms with Crippen LogP contribution in [0.5, 0.6) is 0 Å². The summed E-state index contributed by atoms with van der Waals surface area (Å²) >= 11 is 0. The van der Waals surface area contributed by atoms with E-state index < -0.39 is 0 Å². The summed E-state index contributed by atoms with van der Waals surface area (Å²) in [7, 11) is 0. The molecule has 2 aliphatic rings. The molecule has 1 fully saturated rings. The highest BCUT2D eigenvalue weighted by atomic mass is 16.6. The van der Waals surface area contributed by atoms with E-state index in [0.29, 0.717) is 6.10 Å². The first-order valence-corrected chi connectivity index (χ1v) is 4.02. The van der Waals surface area contributed by atoms with E-state index in [0.717, 1.165) is 19.6 Å². The molecule has 0 N–H and O–H groups in total. The third kappa shape index (κ3) is 2.17. The maximum Gasteiger partial charge on any atom is 0.104 e. The lowest BCUT2D eigenvalue weighted by molar-refractivity contribution is 0.0733. The predicted molar refractivity (Wildman–Crippen MR) is 42.4 cm³/mol. The molecule has 2 heteroatoms. The Hall–Kier alpha value is -0.600. The fraction of sp³-hybridized carbons (Fsp3) is 0.556. The Morgan fingerprint density at radius 1 is 1.45 bits per heavy atom. The van der Waals surface area contributed by atoms with Gasteiger partial charge in [0.05, 0.1) is 19.3 Å². The van der Waals surface area contributed by atoms with Crippen molar-refractivity contribution in [2.45, 2.75) is 18.6 Å². The van der Waals surface area contributed by atoms with Gasteiger partial charge in [0.15, 0.2) is 0 Å². The van der Waals surface area contributed by atoms with Crippen LogP contribution in [0.2, 0.25) is 0 Å². The summed E-state index contributed by atoms with van der Waals surface area (Å²) in [6, 6.07) is 0. The van der Waals surface area contributed by atoms with E-state index in [1.54, 1.807) is 0 Å². The van der Waals surface area contributed by atoms with Crippen LogP contribution in [0, 0.1) is 0 Å². The van der Waals surface area contributed by atoms with Crippen LogP contribution in [0.15, 0.2) is 24.3 Å². The summed E-state index contributed by atoms with van der Waals surface area (Å²) < 4.78 is 10.6. The Kier molecular flexibility index (Phi) is 2.06. The highest BCUT2D eigenvalue weighted by Gasteiger charge is 2.23. The smallest absolute Gasteiger partial charge is 0.104 e. The van der Waals surface area contributed by atoms with Crippen LogP contribution in [0.25, 0.3) is 0 Å². The summed E-state index contributed by atoms with van der Waals surface area (Å²) in [5.41, 5.74) is 0. The highest BCUT2D eigenvalue weighted by molar-refractivity contribution is 5.11. The van der Waals surface area contributed by atoms with Crippen molar-refractivity contribution in [3.63, 3.8) is 0 Å². The van der Waals surface area contributed by atoms with Gasteiger partial charge >= 0.3 is 0 Å². The van der Waals surface area contributed by atoms with Crippen LogP contribution in [-0.2, 0) is 9.47 Å². The van der Waals surface area contributed by atoms with Gasteiger partial charge in [0.25, 0.3) is 0 Å². The van der Waals surface area contributed by atoms with E-state index in [9.17, 15) is 0 Å². The van der Waals surface area contributed by atoms with Gasteiger partial charge in [0.2, 0.25) is 0 Å². The highest BCUT2D eigenvalue weighted by Crippen LogP contribution is 2.13. The van der Waals surface area contributed by atoms with Gasteiger partial charge in [-0.3, -0.25) is 0 Å². The molecule has 1 heterocycles. The Bertz CT molecular complexity index is 180. The maximum atomic E-state index is 5.54. The summed E-state index contributed by atoms with van der Waals surface area (Å²) in [5, 5.41) is 0. The van der Waals surface area contributed by atoms with Gasteiger partial charge in [-0.15, -0.1) is 0 Å². The molecule has 0 radical (unpaired) electrons. The summed E-state index contributed by atoms with van der Waals surface area (Å²) in [5.74, 6) is 0. The average Bonchev–Trinajstić information content (AvgIpc) is 2.86. The third-order valence-electron chi connectivity index (χ3n) is 1.84. The average molecular weight is 152 g/mol. The second-order valence-corrected chi connectivity index (χ2v) is 2.88. The van der Waals surface area contributed by atoms with Crippen LogP contribution in [0.4, 0.5) is 0 Å². The van der Waals surface area contributed by atoms with Crippen LogP contribution in [-0.4, -0.2) is 25.4 Å². The fourth-order valence-corrected chi connectivity index (χ4v) is 1.08.